The number of fused-ring (bicyclic) bond motifs is 1. The minimum absolute atomic E-state index is 0.494. The van der Waals surface area contributed by atoms with Crippen LogP contribution in [0.3, 0.4) is 0 Å². The van der Waals surface area contributed by atoms with Gasteiger partial charge in [0.1, 0.15) is 12.0 Å². The molecule has 2 aliphatic heterocycles. The summed E-state index contributed by atoms with van der Waals surface area (Å²) in [4.78, 5) is 13.5. The van der Waals surface area contributed by atoms with Crippen molar-refractivity contribution in [1.29, 1.82) is 0 Å². The van der Waals surface area contributed by atoms with Gasteiger partial charge in [-0.15, -0.1) is 0 Å². The van der Waals surface area contributed by atoms with Crippen LogP contribution in [0.2, 0.25) is 0 Å². The van der Waals surface area contributed by atoms with Gasteiger partial charge in [0, 0.05) is 33.2 Å². The molecule has 0 saturated carbocycles. The maximum atomic E-state index is 11.1. The van der Waals surface area contributed by atoms with Gasteiger partial charge in [0.25, 0.3) is 0 Å². The van der Waals surface area contributed by atoms with Crippen molar-refractivity contribution < 1.29 is 14.3 Å². The molecule has 1 aromatic rings. The first-order chi connectivity index (χ1) is 17.5. The van der Waals surface area contributed by atoms with Crippen LogP contribution in [0.5, 0.6) is 5.75 Å². The number of benzene rings is 1. The average Bonchev–Trinajstić information content (AvgIpc) is 3.56. The van der Waals surface area contributed by atoms with Gasteiger partial charge < -0.3 is 14.3 Å². The lowest BCUT2D eigenvalue weighted by Crippen LogP contribution is -2.31. The van der Waals surface area contributed by atoms with E-state index < -0.39 is 0 Å². The van der Waals surface area contributed by atoms with Gasteiger partial charge >= 0.3 is 0 Å². The number of carbonyl (C=O) groups is 1. The van der Waals surface area contributed by atoms with Gasteiger partial charge in [-0.05, 0) is 56.2 Å². The fraction of sp³-hybridized carbons (Fsp3) is 0.656. The number of hydrogen-bond donors (Lipinski definition) is 0. The molecule has 208 valence electrons. The highest BCUT2D eigenvalue weighted by molar-refractivity contribution is 5.52. The Morgan fingerprint density at radius 3 is 2.33 bits per heavy atom. The van der Waals surface area contributed by atoms with Crippen LogP contribution in [0.15, 0.2) is 42.0 Å². The number of likely N-dealkylation sites (tertiary alicyclic amines) is 1. The number of nitrogens with zero attached hydrogens (tertiary/aromatic N) is 1. The van der Waals surface area contributed by atoms with Crippen LogP contribution < -0.4 is 4.74 Å². The molecule has 1 aromatic carbocycles. The van der Waals surface area contributed by atoms with E-state index in [0.29, 0.717) is 18.5 Å². The van der Waals surface area contributed by atoms with E-state index in [-0.39, 0.29) is 0 Å². The van der Waals surface area contributed by atoms with Crippen LogP contribution in [0.25, 0.3) is 0 Å². The molecule has 0 N–H and O–H groups in total. The Morgan fingerprint density at radius 1 is 1.14 bits per heavy atom. The van der Waals surface area contributed by atoms with Gasteiger partial charge in [-0.3, -0.25) is 4.90 Å². The normalized spacial score (nSPS) is 18.2. The summed E-state index contributed by atoms with van der Waals surface area (Å²) >= 11 is 0. The first kappa shape index (κ1) is 36.2. The number of carbonyl (C=O) groups excluding carboxylic acids is 1. The molecule has 1 saturated heterocycles. The predicted molar refractivity (Wildman–Crippen MR) is 158 cm³/mol. The Kier molecular flexibility index (Phi) is 24.9. The van der Waals surface area contributed by atoms with Crippen LogP contribution in [-0.2, 0) is 16.0 Å². The highest BCUT2D eigenvalue weighted by Gasteiger charge is 2.32. The van der Waals surface area contributed by atoms with E-state index in [2.05, 4.69) is 66.8 Å². The number of allylic oxidation sites excluding steroid dienone is 4. The lowest BCUT2D eigenvalue weighted by Gasteiger charge is -2.21. The van der Waals surface area contributed by atoms with Crippen molar-refractivity contribution in [3.05, 3.63) is 53.1 Å². The van der Waals surface area contributed by atoms with Crippen LogP contribution in [-0.4, -0.2) is 51.1 Å². The van der Waals surface area contributed by atoms with Crippen molar-refractivity contribution in [3.8, 4) is 5.75 Å². The summed E-state index contributed by atoms with van der Waals surface area (Å²) in [6.45, 7) is 18.9. The summed E-state index contributed by atoms with van der Waals surface area (Å²) in [5.74, 6) is 1.57. The Balaban J connectivity index is 0. The fourth-order valence-corrected chi connectivity index (χ4v) is 4.04. The summed E-state index contributed by atoms with van der Waals surface area (Å²) in [7, 11) is 3.25. The van der Waals surface area contributed by atoms with E-state index in [1.165, 1.54) is 29.5 Å². The molecule has 0 spiro atoms. The Bertz CT molecular complexity index is 709. The van der Waals surface area contributed by atoms with Crippen molar-refractivity contribution >= 4 is 6.29 Å². The van der Waals surface area contributed by atoms with Crippen LogP contribution >= 0.6 is 0 Å². The van der Waals surface area contributed by atoms with Crippen molar-refractivity contribution in [2.45, 2.75) is 106 Å². The molecule has 2 unspecified atom stereocenters. The van der Waals surface area contributed by atoms with Gasteiger partial charge in [0.15, 0.2) is 0 Å². The summed E-state index contributed by atoms with van der Waals surface area (Å²) in [6.07, 6.45) is 14.4. The molecule has 2 atom stereocenters. The quantitative estimate of drug-likeness (QED) is 0.264. The number of methoxy groups -OCH3 is 1. The minimum Gasteiger partial charge on any atom is -0.493 e. The van der Waals surface area contributed by atoms with Crippen molar-refractivity contribution in [2.75, 3.05) is 33.9 Å². The second-order valence-corrected chi connectivity index (χ2v) is 8.66. The molecule has 2 aliphatic rings. The molecule has 0 amide bonds. The Hall–Kier alpha value is -1.91. The first-order valence-electron chi connectivity index (χ1n) is 14.2. The maximum absolute atomic E-state index is 11.1. The van der Waals surface area contributed by atoms with E-state index in [1.54, 1.807) is 14.2 Å². The van der Waals surface area contributed by atoms with E-state index in [0.717, 1.165) is 50.9 Å². The summed E-state index contributed by atoms with van der Waals surface area (Å²) < 4.78 is 9.88. The maximum Gasteiger partial charge on any atom is 0.133 e. The minimum atomic E-state index is 0.494. The SMILES string of the molecule is C/C=C\C=C(/C)CCC1CC(c2ccc3c(c2)CCO3)CN1CC=O.CC.CC.CCCC.COC. The molecule has 0 aliphatic carbocycles. The largest absolute Gasteiger partial charge is 0.493 e. The van der Waals surface area contributed by atoms with E-state index >= 15 is 0 Å². The number of unbranched alkanes of at least 4 members (excludes halogenated alkanes) is 1. The van der Waals surface area contributed by atoms with Gasteiger partial charge in [-0.2, -0.15) is 0 Å². The zero-order chi connectivity index (χ0) is 27.8. The Labute approximate surface area is 224 Å². The third-order valence-electron chi connectivity index (χ3n) is 5.97. The van der Waals surface area contributed by atoms with Crippen molar-refractivity contribution in [2.24, 2.45) is 0 Å². The average molecular weight is 504 g/mol. The zero-order valence-corrected chi connectivity index (χ0v) is 25.2. The smallest absolute Gasteiger partial charge is 0.133 e. The lowest BCUT2D eigenvalue weighted by molar-refractivity contribution is -0.109. The third-order valence-corrected chi connectivity index (χ3v) is 5.97. The van der Waals surface area contributed by atoms with E-state index in [4.69, 9.17) is 4.74 Å². The van der Waals surface area contributed by atoms with Gasteiger partial charge in [-0.1, -0.05) is 90.3 Å². The molecule has 1 fully saturated rings. The standard InChI is InChI=1S/C22H29NO2.C4H10.C2H6O.2C2H6/c1-3-4-5-17(2)6-8-21-15-20(16-23(21)11-12-24)18-7-9-22-19(14-18)10-13-25-22;1-3-4-2;1-3-2;2*1-2/h3-5,7,9,12,14,20-21H,6,8,10-11,13,15-16H2,1-2H3;3-4H2,1-2H3;1-2H3;2*1-2H3/b4-3-,17-5+;;;;. The molecule has 4 heteroatoms. The highest BCUT2D eigenvalue weighted by atomic mass is 16.5. The molecule has 4 nitrogen and oxygen atoms in total. The van der Waals surface area contributed by atoms with E-state index in [9.17, 15) is 4.79 Å². The van der Waals surface area contributed by atoms with Gasteiger partial charge in [0.05, 0.1) is 13.2 Å². The zero-order valence-electron chi connectivity index (χ0n) is 25.2. The number of aldehydes is 1. The lowest BCUT2D eigenvalue weighted by atomic mass is 9.93. The summed E-state index contributed by atoms with van der Waals surface area (Å²) in [5.41, 5.74) is 4.15. The molecule has 36 heavy (non-hydrogen) atoms. The second kappa shape index (κ2) is 24.8. The molecular formula is C32H57NO3. The van der Waals surface area contributed by atoms with Gasteiger partial charge in [-0.25, -0.2) is 0 Å². The van der Waals surface area contributed by atoms with Crippen LogP contribution in [0, 0.1) is 0 Å². The molecule has 0 bridgehead atoms. The first-order valence-corrected chi connectivity index (χ1v) is 14.2. The van der Waals surface area contributed by atoms with Gasteiger partial charge in [0.2, 0.25) is 0 Å². The molecule has 0 aromatic heterocycles. The third kappa shape index (κ3) is 14.6. The monoisotopic (exact) mass is 503 g/mol. The Morgan fingerprint density at radius 2 is 1.78 bits per heavy atom. The number of hydrogen-bond acceptors (Lipinski definition) is 4. The van der Waals surface area contributed by atoms with Crippen molar-refractivity contribution in [3.63, 3.8) is 0 Å². The topological polar surface area (TPSA) is 38.8 Å². The molecule has 3 rings (SSSR count). The van der Waals surface area contributed by atoms with Crippen LogP contribution in [0.4, 0.5) is 0 Å². The number of ether oxygens (including phenoxy) is 2. The van der Waals surface area contributed by atoms with E-state index in [1.807, 2.05) is 34.6 Å². The summed E-state index contributed by atoms with van der Waals surface area (Å²) in [6, 6.07) is 7.16. The highest BCUT2D eigenvalue weighted by Crippen LogP contribution is 2.36. The molecular weight excluding hydrogens is 446 g/mol. The summed E-state index contributed by atoms with van der Waals surface area (Å²) in [5, 5.41) is 0. The fourth-order valence-electron chi connectivity index (χ4n) is 4.04. The molecule has 2 heterocycles. The van der Waals surface area contributed by atoms with Crippen molar-refractivity contribution in [1.82, 2.24) is 4.90 Å². The molecule has 0 radical (unpaired) electrons. The second-order valence-electron chi connectivity index (χ2n) is 8.66. The number of rotatable bonds is 8. The van der Waals surface area contributed by atoms with Crippen LogP contribution in [0.1, 0.15) is 105 Å². The predicted octanol–water partition coefficient (Wildman–Crippen LogP) is 8.40.